The molecule has 0 saturated carbocycles. The van der Waals surface area contributed by atoms with Crippen molar-refractivity contribution in [3.8, 4) is 0 Å². The number of nitrogens with zero attached hydrogens (tertiary/aromatic N) is 2. The number of carbonyl (C=O) groups excluding carboxylic acids is 1. The van der Waals surface area contributed by atoms with Crippen molar-refractivity contribution in [1.29, 1.82) is 0 Å². The fraction of sp³-hybridized carbons (Fsp3) is 0.333. The Morgan fingerprint density at radius 2 is 2.10 bits per heavy atom. The maximum absolute atomic E-state index is 12.4. The predicted octanol–water partition coefficient (Wildman–Crippen LogP) is 2.18. The fourth-order valence-electron chi connectivity index (χ4n) is 2.17. The van der Waals surface area contributed by atoms with Crippen molar-refractivity contribution in [2.75, 3.05) is 13.7 Å². The second kappa shape index (κ2) is 6.34. The highest BCUT2D eigenvalue weighted by atomic mass is 16.5. The molecule has 0 fully saturated rings. The van der Waals surface area contributed by atoms with Crippen LogP contribution in [0.4, 0.5) is 0 Å². The van der Waals surface area contributed by atoms with Crippen LogP contribution in [0.25, 0.3) is 0 Å². The van der Waals surface area contributed by atoms with E-state index in [1.807, 2.05) is 30.3 Å². The summed E-state index contributed by atoms with van der Waals surface area (Å²) in [5, 5.41) is 13.0. The molecule has 1 unspecified atom stereocenters. The van der Waals surface area contributed by atoms with E-state index in [1.165, 1.54) is 0 Å². The van der Waals surface area contributed by atoms with E-state index in [4.69, 9.17) is 4.52 Å². The van der Waals surface area contributed by atoms with Gasteiger partial charge >= 0.3 is 0 Å². The lowest BCUT2D eigenvalue weighted by Crippen LogP contribution is -2.32. The van der Waals surface area contributed by atoms with Crippen LogP contribution in [-0.4, -0.2) is 34.7 Å². The third-order valence-electron chi connectivity index (χ3n) is 3.22. The molecule has 0 saturated heterocycles. The van der Waals surface area contributed by atoms with Gasteiger partial charge in [0.05, 0.1) is 6.04 Å². The molecule has 1 atom stereocenters. The standard InChI is InChI=1S/C15H18N2O3/c1-11-10-13(16-20-11)15(19)17(2)14(8-9-18)12-6-4-3-5-7-12/h3-7,10,14,18H,8-9H2,1-2H3. The third kappa shape index (κ3) is 3.05. The van der Waals surface area contributed by atoms with Gasteiger partial charge in [-0.25, -0.2) is 0 Å². The molecule has 2 aromatic rings. The van der Waals surface area contributed by atoms with Crippen LogP contribution in [0.15, 0.2) is 40.9 Å². The third-order valence-corrected chi connectivity index (χ3v) is 3.22. The lowest BCUT2D eigenvalue weighted by Gasteiger charge is -2.27. The summed E-state index contributed by atoms with van der Waals surface area (Å²) < 4.78 is 4.93. The molecule has 5 heteroatoms. The number of amides is 1. The number of aliphatic hydroxyl groups is 1. The summed E-state index contributed by atoms with van der Waals surface area (Å²) in [6.45, 7) is 1.75. The van der Waals surface area contributed by atoms with Gasteiger partial charge in [-0.1, -0.05) is 35.5 Å². The number of rotatable bonds is 5. The average Bonchev–Trinajstić information content (AvgIpc) is 2.91. The first-order chi connectivity index (χ1) is 9.63. The van der Waals surface area contributed by atoms with Crippen LogP contribution in [-0.2, 0) is 0 Å². The monoisotopic (exact) mass is 274 g/mol. The Labute approximate surface area is 117 Å². The minimum absolute atomic E-state index is 0.00895. The molecule has 1 heterocycles. The quantitative estimate of drug-likeness (QED) is 0.907. The van der Waals surface area contributed by atoms with Gasteiger partial charge in [0.1, 0.15) is 5.76 Å². The molecular formula is C15H18N2O3. The maximum Gasteiger partial charge on any atom is 0.276 e. The SMILES string of the molecule is Cc1cc(C(=O)N(C)C(CCO)c2ccccc2)no1. The van der Waals surface area contributed by atoms with Gasteiger partial charge in [-0.2, -0.15) is 0 Å². The molecule has 5 nitrogen and oxygen atoms in total. The van der Waals surface area contributed by atoms with Gasteiger partial charge in [-0.3, -0.25) is 4.79 Å². The Morgan fingerprint density at radius 3 is 2.65 bits per heavy atom. The van der Waals surface area contributed by atoms with E-state index >= 15 is 0 Å². The van der Waals surface area contributed by atoms with Crippen LogP contribution >= 0.6 is 0 Å². The van der Waals surface area contributed by atoms with Crippen LogP contribution in [0.5, 0.6) is 0 Å². The van der Waals surface area contributed by atoms with E-state index in [2.05, 4.69) is 5.16 Å². The molecule has 0 radical (unpaired) electrons. The number of benzene rings is 1. The average molecular weight is 274 g/mol. The Bertz CT molecular complexity index is 566. The normalized spacial score (nSPS) is 12.2. The number of hydrogen-bond acceptors (Lipinski definition) is 4. The molecule has 1 aromatic heterocycles. The Balaban J connectivity index is 2.23. The molecule has 0 bridgehead atoms. The fourth-order valence-corrected chi connectivity index (χ4v) is 2.17. The Morgan fingerprint density at radius 1 is 1.40 bits per heavy atom. The minimum Gasteiger partial charge on any atom is -0.396 e. The van der Waals surface area contributed by atoms with Crippen LogP contribution < -0.4 is 0 Å². The summed E-state index contributed by atoms with van der Waals surface area (Å²) in [7, 11) is 1.71. The summed E-state index contributed by atoms with van der Waals surface area (Å²) in [4.78, 5) is 14.0. The topological polar surface area (TPSA) is 66.6 Å². The zero-order valence-corrected chi connectivity index (χ0v) is 11.6. The van der Waals surface area contributed by atoms with Gasteiger partial charge in [0.15, 0.2) is 5.69 Å². The van der Waals surface area contributed by atoms with Crippen LogP contribution in [0, 0.1) is 6.92 Å². The first kappa shape index (κ1) is 14.3. The van der Waals surface area contributed by atoms with Crippen LogP contribution in [0.1, 0.15) is 34.3 Å². The van der Waals surface area contributed by atoms with Gasteiger partial charge in [0.2, 0.25) is 0 Å². The molecule has 106 valence electrons. The zero-order valence-electron chi connectivity index (χ0n) is 11.6. The van der Waals surface area contributed by atoms with Gasteiger partial charge < -0.3 is 14.5 Å². The molecule has 1 N–H and O–H groups in total. The van der Waals surface area contributed by atoms with Crippen molar-refractivity contribution in [1.82, 2.24) is 10.1 Å². The summed E-state index contributed by atoms with van der Waals surface area (Å²) >= 11 is 0. The van der Waals surface area contributed by atoms with Gasteiger partial charge in [-0.05, 0) is 18.9 Å². The predicted molar refractivity (Wildman–Crippen MR) is 74.2 cm³/mol. The minimum atomic E-state index is -0.218. The van der Waals surface area contributed by atoms with E-state index in [1.54, 1.807) is 24.9 Å². The number of carbonyl (C=O) groups is 1. The number of hydrogen-bond donors (Lipinski definition) is 1. The maximum atomic E-state index is 12.4. The van der Waals surface area contributed by atoms with Crippen molar-refractivity contribution in [2.45, 2.75) is 19.4 Å². The molecular weight excluding hydrogens is 256 g/mol. The van der Waals surface area contributed by atoms with Crippen molar-refractivity contribution >= 4 is 5.91 Å². The second-order valence-electron chi connectivity index (χ2n) is 4.68. The summed E-state index contributed by atoms with van der Waals surface area (Å²) in [5.74, 6) is 0.379. The highest BCUT2D eigenvalue weighted by Gasteiger charge is 2.24. The first-order valence-corrected chi connectivity index (χ1v) is 6.49. The lowest BCUT2D eigenvalue weighted by molar-refractivity contribution is 0.0694. The van der Waals surface area contributed by atoms with Crippen LogP contribution in [0.2, 0.25) is 0 Å². The lowest BCUT2D eigenvalue weighted by atomic mass is 10.0. The van der Waals surface area contributed by atoms with Crippen molar-refractivity contribution in [3.63, 3.8) is 0 Å². The van der Waals surface area contributed by atoms with Gasteiger partial charge in [0.25, 0.3) is 5.91 Å². The highest BCUT2D eigenvalue weighted by Crippen LogP contribution is 2.24. The van der Waals surface area contributed by atoms with Crippen molar-refractivity contribution in [3.05, 3.63) is 53.4 Å². The smallest absolute Gasteiger partial charge is 0.276 e. The highest BCUT2D eigenvalue weighted by molar-refractivity contribution is 5.92. The molecule has 1 amide bonds. The molecule has 0 spiro atoms. The summed E-state index contributed by atoms with van der Waals surface area (Å²) in [6, 6.07) is 11.1. The largest absolute Gasteiger partial charge is 0.396 e. The number of aryl methyl sites for hydroxylation is 1. The van der Waals surface area contributed by atoms with E-state index in [9.17, 15) is 9.90 Å². The molecule has 1 aromatic carbocycles. The Kier molecular flexibility index (Phi) is 4.53. The molecule has 0 aliphatic rings. The number of aliphatic hydroxyl groups excluding tert-OH is 1. The zero-order chi connectivity index (χ0) is 14.5. The van der Waals surface area contributed by atoms with E-state index in [0.717, 1.165) is 5.56 Å². The van der Waals surface area contributed by atoms with Crippen molar-refractivity contribution in [2.24, 2.45) is 0 Å². The molecule has 0 aliphatic carbocycles. The van der Waals surface area contributed by atoms with E-state index < -0.39 is 0 Å². The molecule has 20 heavy (non-hydrogen) atoms. The van der Waals surface area contributed by atoms with Crippen LogP contribution in [0.3, 0.4) is 0 Å². The van der Waals surface area contributed by atoms with Gasteiger partial charge in [-0.15, -0.1) is 0 Å². The number of aromatic nitrogens is 1. The second-order valence-corrected chi connectivity index (χ2v) is 4.68. The van der Waals surface area contributed by atoms with Gasteiger partial charge in [0, 0.05) is 19.7 Å². The molecule has 0 aliphatic heterocycles. The first-order valence-electron chi connectivity index (χ1n) is 6.49. The Hall–Kier alpha value is -2.14. The van der Waals surface area contributed by atoms with Crippen molar-refractivity contribution < 1.29 is 14.4 Å². The molecule has 2 rings (SSSR count). The summed E-state index contributed by atoms with van der Waals surface area (Å²) in [6.07, 6.45) is 0.475. The van der Waals surface area contributed by atoms with E-state index in [-0.39, 0.29) is 24.2 Å². The van der Waals surface area contributed by atoms with E-state index in [0.29, 0.717) is 12.2 Å². The summed E-state index contributed by atoms with van der Waals surface area (Å²) in [5.41, 5.74) is 1.27.